The Hall–Kier alpha value is -1.31. The zero-order chi connectivity index (χ0) is 8.55. The third kappa shape index (κ3) is 1.09. The van der Waals surface area contributed by atoms with Gasteiger partial charge in [-0.15, -0.1) is 0 Å². The first-order valence-electron chi connectivity index (χ1n) is 4.07. The minimum atomic E-state index is -0.117. The molecule has 12 heavy (non-hydrogen) atoms. The first-order chi connectivity index (χ1) is 5.77. The number of rotatable bonds is 0. The van der Waals surface area contributed by atoms with Gasteiger partial charge in [-0.1, -0.05) is 25.1 Å². The van der Waals surface area contributed by atoms with E-state index in [0.717, 1.165) is 17.7 Å². The average molecular weight is 162 g/mol. The van der Waals surface area contributed by atoms with Gasteiger partial charge in [0.1, 0.15) is 5.75 Å². The van der Waals surface area contributed by atoms with Gasteiger partial charge in [-0.25, -0.2) is 0 Å². The molecule has 1 aliphatic rings. The van der Waals surface area contributed by atoms with E-state index in [1.54, 1.807) is 0 Å². The van der Waals surface area contributed by atoms with Gasteiger partial charge in [0, 0.05) is 0 Å². The molecule has 2 nitrogen and oxygen atoms in total. The molecular weight excluding hydrogens is 152 g/mol. The number of carbonyl (C=O) groups excluding carboxylic acids is 1. The topological polar surface area (TPSA) is 26.3 Å². The highest BCUT2D eigenvalue weighted by molar-refractivity contribution is 5.77. The molecule has 1 unspecified atom stereocenters. The van der Waals surface area contributed by atoms with Crippen molar-refractivity contribution in [2.75, 3.05) is 0 Å². The van der Waals surface area contributed by atoms with Gasteiger partial charge in [0.05, 0.1) is 5.92 Å². The lowest BCUT2D eigenvalue weighted by Crippen LogP contribution is -2.24. The molecule has 1 heterocycles. The molecule has 2 heteroatoms. The number of ether oxygens (including phenoxy) is 1. The number of hydrogen-bond acceptors (Lipinski definition) is 2. The van der Waals surface area contributed by atoms with Crippen LogP contribution in [0.15, 0.2) is 24.3 Å². The summed E-state index contributed by atoms with van der Waals surface area (Å²) in [7, 11) is 0. The molecule has 0 fully saturated rings. The van der Waals surface area contributed by atoms with Crippen LogP contribution >= 0.6 is 0 Å². The first kappa shape index (κ1) is 7.35. The smallest absolute Gasteiger partial charge is 0.314 e. The van der Waals surface area contributed by atoms with Crippen LogP contribution in [0.25, 0.3) is 0 Å². The summed E-state index contributed by atoms with van der Waals surface area (Å²) < 4.78 is 5.11. The van der Waals surface area contributed by atoms with E-state index in [1.807, 2.05) is 31.2 Å². The number of hydrogen-bond donors (Lipinski definition) is 0. The molecule has 0 radical (unpaired) electrons. The van der Waals surface area contributed by atoms with Crippen molar-refractivity contribution in [3.8, 4) is 5.75 Å². The predicted octanol–water partition coefficient (Wildman–Crippen LogP) is 1.78. The van der Waals surface area contributed by atoms with E-state index in [-0.39, 0.29) is 11.9 Å². The van der Waals surface area contributed by atoms with Gasteiger partial charge in [0.15, 0.2) is 0 Å². The first-order valence-corrected chi connectivity index (χ1v) is 4.07. The summed E-state index contributed by atoms with van der Waals surface area (Å²) in [5.74, 6) is 0.606. The van der Waals surface area contributed by atoms with Crippen molar-refractivity contribution < 1.29 is 9.53 Å². The van der Waals surface area contributed by atoms with Gasteiger partial charge < -0.3 is 4.74 Å². The fraction of sp³-hybridized carbons (Fsp3) is 0.300. The van der Waals surface area contributed by atoms with Crippen molar-refractivity contribution >= 4 is 5.97 Å². The van der Waals surface area contributed by atoms with E-state index in [2.05, 4.69) is 0 Å². The Morgan fingerprint density at radius 3 is 3.00 bits per heavy atom. The average Bonchev–Trinajstić information content (AvgIpc) is 2.07. The van der Waals surface area contributed by atoms with E-state index in [4.69, 9.17) is 4.74 Å². The maximum atomic E-state index is 11.1. The molecule has 0 amide bonds. The fourth-order valence-electron chi connectivity index (χ4n) is 1.39. The van der Waals surface area contributed by atoms with Crippen LogP contribution in [-0.2, 0) is 11.2 Å². The van der Waals surface area contributed by atoms with Crippen molar-refractivity contribution in [1.29, 1.82) is 0 Å². The van der Waals surface area contributed by atoms with Crippen LogP contribution in [-0.4, -0.2) is 5.97 Å². The molecule has 1 atom stereocenters. The van der Waals surface area contributed by atoms with Crippen molar-refractivity contribution in [3.63, 3.8) is 0 Å². The van der Waals surface area contributed by atoms with E-state index in [0.29, 0.717) is 0 Å². The van der Waals surface area contributed by atoms with Crippen molar-refractivity contribution in [2.45, 2.75) is 13.3 Å². The molecule has 1 aromatic carbocycles. The van der Waals surface area contributed by atoms with Crippen LogP contribution in [0.1, 0.15) is 12.5 Å². The largest absolute Gasteiger partial charge is 0.426 e. The Bertz CT molecular complexity index is 317. The molecule has 0 saturated carbocycles. The summed E-state index contributed by atoms with van der Waals surface area (Å²) in [6.45, 7) is 1.89. The quantitative estimate of drug-likeness (QED) is 0.429. The number of benzene rings is 1. The molecule has 0 saturated heterocycles. The van der Waals surface area contributed by atoms with Crippen LogP contribution in [0.4, 0.5) is 0 Å². The maximum Gasteiger partial charge on any atom is 0.314 e. The van der Waals surface area contributed by atoms with Crippen molar-refractivity contribution in [2.24, 2.45) is 5.92 Å². The lowest BCUT2D eigenvalue weighted by atomic mass is 9.98. The van der Waals surface area contributed by atoms with E-state index >= 15 is 0 Å². The molecule has 1 aliphatic heterocycles. The number of para-hydroxylation sites is 1. The molecule has 0 aliphatic carbocycles. The van der Waals surface area contributed by atoms with Crippen LogP contribution in [0.3, 0.4) is 0 Å². The van der Waals surface area contributed by atoms with Gasteiger partial charge >= 0.3 is 5.97 Å². The molecule has 62 valence electrons. The molecule has 2 rings (SSSR count). The minimum absolute atomic E-state index is 0.0000926. The van der Waals surface area contributed by atoms with Gasteiger partial charge in [0.25, 0.3) is 0 Å². The van der Waals surface area contributed by atoms with Gasteiger partial charge in [0.2, 0.25) is 0 Å². The molecular formula is C10H10O2. The van der Waals surface area contributed by atoms with E-state index in [1.165, 1.54) is 0 Å². The van der Waals surface area contributed by atoms with Crippen LogP contribution in [0, 0.1) is 5.92 Å². The minimum Gasteiger partial charge on any atom is -0.426 e. The van der Waals surface area contributed by atoms with Crippen LogP contribution in [0.2, 0.25) is 0 Å². The Balaban J connectivity index is 2.40. The number of fused-ring (bicyclic) bond motifs is 1. The van der Waals surface area contributed by atoms with E-state index in [9.17, 15) is 4.79 Å². The third-order valence-electron chi connectivity index (χ3n) is 2.11. The van der Waals surface area contributed by atoms with Crippen LogP contribution < -0.4 is 4.74 Å². The predicted molar refractivity (Wildman–Crippen MR) is 44.9 cm³/mol. The molecule has 0 N–H and O–H groups in total. The maximum absolute atomic E-state index is 11.1. The van der Waals surface area contributed by atoms with Crippen molar-refractivity contribution in [3.05, 3.63) is 29.8 Å². The van der Waals surface area contributed by atoms with Crippen molar-refractivity contribution in [1.82, 2.24) is 0 Å². The summed E-state index contributed by atoms with van der Waals surface area (Å²) >= 11 is 0. The second kappa shape index (κ2) is 2.63. The zero-order valence-corrected chi connectivity index (χ0v) is 6.91. The summed E-state index contributed by atoms with van der Waals surface area (Å²) in [5.41, 5.74) is 1.13. The second-order valence-electron chi connectivity index (χ2n) is 3.13. The van der Waals surface area contributed by atoms with E-state index < -0.39 is 0 Å². The van der Waals surface area contributed by atoms with Gasteiger partial charge in [-0.05, 0) is 18.1 Å². The third-order valence-corrected chi connectivity index (χ3v) is 2.11. The summed E-state index contributed by atoms with van der Waals surface area (Å²) in [6, 6.07) is 7.67. The molecule has 0 aromatic heterocycles. The lowest BCUT2D eigenvalue weighted by Gasteiger charge is -2.19. The molecule has 1 aromatic rings. The van der Waals surface area contributed by atoms with Gasteiger partial charge in [-0.3, -0.25) is 4.79 Å². The Kier molecular flexibility index (Phi) is 1.61. The Morgan fingerprint density at radius 2 is 2.17 bits per heavy atom. The highest BCUT2D eigenvalue weighted by Gasteiger charge is 2.23. The Morgan fingerprint density at radius 1 is 1.42 bits per heavy atom. The van der Waals surface area contributed by atoms with Crippen LogP contribution in [0.5, 0.6) is 5.75 Å². The number of carbonyl (C=O) groups is 1. The normalized spacial score (nSPS) is 21.4. The second-order valence-corrected chi connectivity index (χ2v) is 3.13. The number of esters is 1. The fourth-order valence-corrected chi connectivity index (χ4v) is 1.39. The molecule has 0 spiro atoms. The van der Waals surface area contributed by atoms with Gasteiger partial charge in [-0.2, -0.15) is 0 Å². The highest BCUT2D eigenvalue weighted by atomic mass is 16.5. The summed E-state index contributed by atoms with van der Waals surface area (Å²) in [5, 5.41) is 0. The zero-order valence-electron chi connectivity index (χ0n) is 6.91. The molecule has 0 bridgehead atoms. The lowest BCUT2D eigenvalue weighted by molar-refractivity contribution is -0.139. The summed E-state index contributed by atoms with van der Waals surface area (Å²) in [4.78, 5) is 11.1. The monoisotopic (exact) mass is 162 g/mol. The summed E-state index contributed by atoms with van der Waals surface area (Å²) in [6.07, 6.45) is 0.801. The SMILES string of the molecule is CC1Cc2ccccc2OC1=O. The standard InChI is InChI=1S/C10H10O2/c1-7-6-8-4-2-3-5-9(8)12-10(7)11/h2-5,7H,6H2,1H3. The highest BCUT2D eigenvalue weighted by Crippen LogP contribution is 2.26. The Labute approximate surface area is 71.2 Å².